The van der Waals surface area contributed by atoms with Gasteiger partial charge in [-0.3, -0.25) is 0 Å². The van der Waals surface area contributed by atoms with E-state index in [0.717, 1.165) is 42.7 Å². The van der Waals surface area contributed by atoms with Crippen molar-refractivity contribution in [3.63, 3.8) is 0 Å². The maximum atomic E-state index is 14.4. The number of allylic oxidation sites excluding steroid dienone is 2. The molecule has 2 fully saturated rings. The lowest BCUT2D eigenvalue weighted by atomic mass is 9.68. The molecule has 2 heteroatoms. The minimum absolute atomic E-state index is 0.144. The largest absolute Gasteiger partial charge is 0.244 e. The van der Waals surface area contributed by atoms with Gasteiger partial charge in [0, 0.05) is 4.11 Å². The number of halogens is 2. The first kappa shape index (κ1) is 14.6. The quantitative estimate of drug-likeness (QED) is 0.434. The lowest BCUT2D eigenvalue weighted by Crippen LogP contribution is -2.26. The normalized spacial score (nSPS) is 52.7. The van der Waals surface area contributed by atoms with Crippen molar-refractivity contribution in [3.05, 3.63) is 12.2 Å². The summed E-state index contributed by atoms with van der Waals surface area (Å²) >= 11 is 0. The second-order valence-electron chi connectivity index (χ2n) is 8.65. The van der Waals surface area contributed by atoms with Crippen molar-refractivity contribution in [1.82, 2.24) is 0 Å². The Morgan fingerprint density at radius 2 is 1.40 bits per heavy atom. The average Bonchev–Trinajstić information content (AvgIpc) is 2.70. The van der Waals surface area contributed by atoms with Gasteiger partial charge in [0.05, 0.1) is 1.37 Å². The van der Waals surface area contributed by atoms with E-state index >= 15 is 0 Å². The Morgan fingerprint density at radius 1 is 0.840 bits per heavy atom. The second-order valence-corrected chi connectivity index (χ2v) is 8.65. The van der Waals surface area contributed by atoms with Gasteiger partial charge in [-0.1, -0.05) is 57.6 Å². The molecule has 0 amide bonds. The minimum Gasteiger partial charge on any atom is -0.244 e. The van der Waals surface area contributed by atoms with Gasteiger partial charge in [-0.25, -0.2) is 8.78 Å². The lowest BCUT2D eigenvalue weighted by molar-refractivity contribution is 0.135. The first-order chi connectivity index (χ1) is 13.6. The summed E-state index contributed by atoms with van der Waals surface area (Å²) in [6, 6.07) is 0. The van der Waals surface area contributed by atoms with Gasteiger partial charge < -0.3 is 0 Å². The Bertz CT molecular complexity index is 563. The summed E-state index contributed by atoms with van der Waals surface area (Å²) in [6.45, 7) is 2.27. The Hall–Kier alpha value is -0.400. The van der Waals surface area contributed by atoms with Crippen molar-refractivity contribution in [2.24, 2.45) is 29.6 Å². The summed E-state index contributed by atoms with van der Waals surface area (Å²) < 4.78 is 60.0. The molecule has 0 aromatic heterocycles. The summed E-state index contributed by atoms with van der Waals surface area (Å²) in [4.78, 5) is 0. The molecule has 25 heavy (non-hydrogen) atoms. The maximum absolute atomic E-state index is 14.4. The molecule has 3 atom stereocenters. The van der Waals surface area contributed by atoms with Crippen LogP contribution in [-0.4, -0.2) is 12.3 Å². The highest BCUT2D eigenvalue weighted by molar-refractivity contribution is 5.02. The van der Waals surface area contributed by atoms with E-state index in [-0.39, 0.29) is 6.42 Å². The van der Waals surface area contributed by atoms with Crippen LogP contribution in [0.2, 0.25) is 0 Å². The standard InChI is InChI=1S/C23H38F2/c1-2-3-17-6-11-20(12-7-17)21-13-8-18(9-14-21)4-5-19-10-15-22(24)23(25)16-19/h10,15,17-23H,2-9,11-14,16H2,1H3/i16D2,19D,23D. The Kier molecular flexibility index (Phi) is 5.57. The molecule has 0 nitrogen and oxygen atoms in total. The van der Waals surface area contributed by atoms with Crippen LogP contribution < -0.4 is 0 Å². The molecular weight excluding hydrogens is 314 g/mol. The van der Waals surface area contributed by atoms with E-state index in [0.29, 0.717) is 12.3 Å². The molecule has 0 aromatic carbocycles. The topological polar surface area (TPSA) is 0 Å². The molecule has 0 bridgehead atoms. The van der Waals surface area contributed by atoms with Gasteiger partial charge in [-0.2, -0.15) is 0 Å². The molecule has 0 aromatic rings. The predicted molar refractivity (Wildman–Crippen MR) is 102 cm³/mol. The number of hydrogen-bond acceptors (Lipinski definition) is 0. The number of rotatable bonds is 6. The molecule has 3 unspecified atom stereocenters. The van der Waals surface area contributed by atoms with Crippen LogP contribution >= 0.6 is 0 Å². The zero-order valence-corrected chi connectivity index (χ0v) is 15.8. The maximum Gasteiger partial charge on any atom is 0.149 e. The molecule has 0 radical (unpaired) electrons. The van der Waals surface area contributed by atoms with Crippen molar-refractivity contribution in [2.75, 3.05) is 0 Å². The van der Waals surface area contributed by atoms with Gasteiger partial charge >= 0.3 is 0 Å². The van der Waals surface area contributed by atoms with Crippen LogP contribution in [0.5, 0.6) is 0 Å². The van der Waals surface area contributed by atoms with Crippen molar-refractivity contribution < 1.29 is 14.3 Å². The van der Waals surface area contributed by atoms with E-state index < -0.39 is 24.6 Å². The Balaban J connectivity index is 1.47. The molecule has 3 rings (SSSR count). The molecule has 144 valence electrons. The molecule has 0 heterocycles. The van der Waals surface area contributed by atoms with Gasteiger partial charge in [0.1, 0.15) is 12.3 Å². The molecule has 3 aliphatic carbocycles. The summed E-state index contributed by atoms with van der Waals surface area (Å²) in [7, 11) is 0. The van der Waals surface area contributed by atoms with Crippen LogP contribution in [0.25, 0.3) is 0 Å². The number of hydrogen-bond donors (Lipinski definition) is 0. The molecule has 2 saturated carbocycles. The lowest BCUT2D eigenvalue weighted by Gasteiger charge is -2.38. The van der Waals surface area contributed by atoms with Crippen LogP contribution in [0.1, 0.15) is 95.8 Å². The van der Waals surface area contributed by atoms with E-state index in [1.54, 1.807) is 0 Å². The second kappa shape index (κ2) is 9.51. The summed E-state index contributed by atoms with van der Waals surface area (Å²) in [5, 5.41) is 0. The van der Waals surface area contributed by atoms with E-state index in [9.17, 15) is 8.78 Å². The summed E-state index contributed by atoms with van der Waals surface area (Å²) in [5.74, 6) is 1.15. The van der Waals surface area contributed by atoms with Crippen LogP contribution in [0.3, 0.4) is 0 Å². The molecular formula is C23H38F2. The van der Waals surface area contributed by atoms with Crippen LogP contribution in [0.4, 0.5) is 8.78 Å². The van der Waals surface area contributed by atoms with Crippen LogP contribution in [-0.2, 0) is 0 Å². The van der Waals surface area contributed by atoms with Gasteiger partial charge in [0.25, 0.3) is 0 Å². The summed E-state index contributed by atoms with van der Waals surface area (Å²) in [6.07, 6.45) is 7.01. The highest BCUT2D eigenvalue weighted by Crippen LogP contribution is 2.43. The SMILES string of the molecule is [2H]C1(CCC2CCC(C3CCC(CCC)CC3)CC2)C=CC(F)C([2H])(F)C1([2H])[2H]. The van der Waals surface area contributed by atoms with Gasteiger partial charge in [-0.15, -0.1) is 0 Å². The van der Waals surface area contributed by atoms with Crippen molar-refractivity contribution in [1.29, 1.82) is 0 Å². The third-order valence-corrected chi connectivity index (χ3v) is 6.96. The highest BCUT2D eigenvalue weighted by atomic mass is 19.2. The zero-order valence-electron chi connectivity index (χ0n) is 19.8. The smallest absolute Gasteiger partial charge is 0.149 e. The van der Waals surface area contributed by atoms with Crippen LogP contribution in [0, 0.1) is 29.6 Å². The third kappa shape index (κ3) is 5.54. The molecule has 3 aliphatic rings. The number of alkyl halides is 2. The van der Waals surface area contributed by atoms with Gasteiger partial charge in [0.2, 0.25) is 0 Å². The van der Waals surface area contributed by atoms with E-state index in [1.807, 2.05) is 0 Å². The van der Waals surface area contributed by atoms with E-state index in [2.05, 4.69) is 6.92 Å². The predicted octanol–water partition coefficient (Wildman–Crippen LogP) is 7.43. The monoisotopic (exact) mass is 356 g/mol. The van der Waals surface area contributed by atoms with Crippen molar-refractivity contribution in [2.45, 2.75) is 103 Å². The molecule has 0 spiro atoms. The fourth-order valence-electron chi connectivity index (χ4n) is 5.36. The fourth-order valence-corrected chi connectivity index (χ4v) is 5.36. The van der Waals surface area contributed by atoms with E-state index in [1.165, 1.54) is 51.4 Å². The zero-order chi connectivity index (χ0) is 21.3. The highest BCUT2D eigenvalue weighted by Gasteiger charge is 2.31. The molecule has 0 aliphatic heterocycles. The van der Waals surface area contributed by atoms with Crippen molar-refractivity contribution >= 4 is 0 Å². The molecule has 0 N–H and O–H groups in total. The average molecular weight is 357 g/mol. The van der Waals surface area contributed by atoms with Crippen molar-refractivity contribution in [3.8, 4) is 0 Å². The third-order valence-electron chi connectivity index (χ3n) is 6.96. The Labute approximate surface area is 159 Å². The fraction of sp³-hybridized carbons (Fsp3) is 0.913. The van der Waals surface area contributed by atoms with Crippen LogP contribution in [0.15, 0.2) is 12.2 Å². The first-order valence-electron chi connectivity index (χ1n) is 12.6. The minimum atomic E-state index is -3.40. The molecule has 0 saturated heterocycles. The van der Waals surface area contributed by atoms with Gasteiger partial charge in [0.15, 0.2) is 0 Å². The first-order valence-corrected chi connectivity index (χ1v) is 10.6. The summed E-state index contributed by atoms with van der Waals surface area (Å²) in [5.41, 5.74) is 0. The van der Waals surface area contributed by atoms with E-state index in [4.69, 9.17) is 5.48 Å². The van der Waals surface area contributed by atoms with Gasteiger partial charge in [-0.05, 0) is 74.5 Å². The Morgan fingerprint density at radius 3 is 1.96 bits per heavy atom.